The van der Waals surface area contributed by atoms with Crippen LogP contribution < -0.4 is 14.2 Å². The lowest BCUT2D eigenvalue weighted by Crippen LogP contribution is -2.48. The van der Waals surface area contributed by atoms with Crippen LogP contribution in [0.5, 0.6) is 17.2 Å². The summed E-state index contributed by atoms with van der Waals surface area (Å²) in [7, 11) is 4.63. The molecule has 1 aliphatic heterocycles. The van der Waals surface area contributed by atoms with E-state index in [1.54, 1.807) is 65.3 Å². The van der Waals surface area contributed by atoms with Gasteiger partial charge < -0.3 is 23.7 Å². The minimum atomic E-state index is -1.09. The van der Waals surface area contributed by atoms with Gasteiger partial charge in [-0.2, -0.15) is 0 Å². The molecule has 0 amide bonds. The number of hydrogen-bond acceptors (Lipinski definition) is 9. The number of allylic oxidation sites excluding steroid dienone is 1. The van der Waals surface area contributed by atoms with E-state index >= 15 is 0 Å². The molecule has 1 fully saturated rings. The normalized spacial score (nSPS) is 22.1. The predicted molar refractivity (Wildman–Crippen MR) is 148 cm³/mol. The van der Waals surface area contributed by atoms with Gasteiger partial charge in [0.2, 0.25) is 0 Å². The number of fused-ring (bicyclic) bond motifs is 1. The first kappa shape index (κ1) is 28.9. The molecule has 0 radical (unpaired) electrons. The third-order valence-corrected chi connectivity index (χ3v) is 7.50. The van der Waals surface area contributed by atoms with Gasteiger partial charge in [0.05, 0.1) is 46.0 Å². The van der Waals surface area contributed by atoms with Crippen molar-refractivity contribution in [2.75, 3.05) is 34.5 Å². The van der Waals surface area contributed by atoms with E-state index in [1.165, 1.54) is 7.11 Å². The van der Waals surface area contributed by atoms with Gasteiger partial charge in [0.1, 0.15) is 23.2 Å². The summed E-state index contributed by atoms with van der Waals surface area (Å²) in [4.78, 5) is 46.0. The number of hydrogen-bond donors (Lipinski definition) is 0. The van der Waals surface area contributed by atoms with E-state index in [4.69, 9.17) is 28.7 Å². The van der Waals surface area contributed by atoms with E-state index in [1.807, 2.05) is 12.1 Å². The minimum absolute atomic E-state index is 0.131. The van der Waals surface area contributed by atoms with E-state index in [2.05, 4.69) is 0 Å². The highest BCUT2D eigenvalue weighted by molar-refractivity contribution is 6.18. The second-order valence-electron chi connectivity index (χ2n) is 9.60. The number of carbonyl (C=O) groups excluding carboxylic acids is 3. The number of benzene rings is 2. The summed E-state index contributed by atoms with van der Waals surface area (Å²) in [5, 5.41) is 0. The number of rotatable bonds is 9. The summed E-state index contributed by atoms with van der Waals surface area (Å²) in [6.07, 6.45) is 0.328. The highest BCUT2D eigenvalue weighted by Crippen LogP contribution is 2.50. The van der Waals surface area contributed by atoms with Gasteiger partial charge in [-0.25, -0.2) is 4.79 Å². The first-order valence-electron chi connectivity index (χ1n) is 13.3. The molecular formula is C31H35NO8. The van der Waals surface area contributed by atoms with E-state index < -0.39 is 35.6 Å². The van der Waals surface area contributed by atoms with Gasteiger partial charge in [-0.15, -0.1) is 0 Å². The van der Waals surface area contributed by atoms with Crippen molar-refractivity contribution in [1.29, 1.82) is 0 Å². The van der Waals surface area contributed by atoms with Gasteiger partial charge in [0.25, 0.3) is 0 Å². The Hall–Kier alpha value is -4.14. The van der Waals surface area contributed by atoms with Gasteiger partial charge in [0, 0.05) is 34.9 Å². The van der Waals surface area contributed by atoms with E-state index in [9.17, 15) is 14.4 Å². The molecule has 2 aromatic rings. The van der Waals surface area contributed by atoms with Crippen LogP contribution >= 0.6 is 0 Å². The third-order valence-electron chi connectivity index (χ3n) is 7.50. The molecule has 1 unspecified atom stereocenters. The van der Waals surface area contributed by atoms with Crippen molar-refractivity contribution in [3.05, 3.63) is 64.9 Å². The van der Waals surface area contributed by atoms with Crippen molar-refractivity contribution in [3.8, 4) is 17.2 Å². The minimum Gasteiger partial charge on any atom is -0.497 e. The number of ether oxygens (including phenoxy) is 5. The Morgan fingerprint density at radius 1 is 0.875 bits per heavy atom. The molecule has 0 N–H and O–H groups in total. The van der Waals surface area contributed by atoms with Gasteiger partial charge in [-0.05, 0) is 51.0 Å². The number of Topliss-reactive ketones (excluding diaryl/α,β-unsaturated/α-hetero) is 1. The van der Waals surface area contributed by atoms with Crippen molar-refractivity contribution in [1.82, 2.24) is 0 Å². The van der Waals surface area contributed by atoms with Crippen LogP contribution in [0.2, 0.25) is 0 Å². The molecule has 212 valence electrons. The molecule has 0 bridgehead atoms. The van der Waals surface area contributed by atoms with Crippen LogP contribution in [0, 0.1) is 11.8 Å². The molecule has 9 nitrogen and oxygen atoms in total. The summed E-state index contributed by atoms with van der Waals surface area (Å²) in [6.45, 7) is 5.45. The molecule has 4 rings (SSSR count). The summed E-state index contributed by atoms with van der Waals surface area (Å²) < 4.78 is 27.2. The maximum Gasteiger partial charge on any atom is 0.336 e. The second-order valence-corrected chi connectivity index (χ2v) is 9.60. The number of nitrogens with zero attached hydrogens (tertiary/aromatic N) is 1. The molecule has 2 aliphatic rings. The Morgan fingerprint density at radius 3 is 2.12 bits per heavy atom. The van der Waals surface area contributed by atoms with Gasteiger partial charge in [-0.3, -0.25) is 14.6 Å². The van der Waals surface area contributed by atoms with Crippen molar-refractivity contribution < 1.29 is 38.1 Å². The van der Waals surface area contributed by atoms with Crippen molar-refractivity contribution in [2.45, 2.75) is 39.0 Å². The fourth-order valence-corrected chi connectivity index (χ4v) is 5.73. The van der Waals surface area contributed by atoms with Crippen LogP contribution in [0.25, 0.3) is 0 Å². The summed E-state index contributed by atoms with van der Waals surface area (Å²) in [6, 6.07) is 12.5. The zero-order valence-corrected chi connectivity index (χ0v) is 23.7. The highest BCUT2D eigenvalue weighted by Gasteiger charge is 2.53. The van der Waals surface area contributed by atoms with E-state index in [0.29, 0.717) is 40.6 Å². The average molecular weight is 550 g/mol. The lowest BCUT2D eigenvalue weighted by molar-refractivity contribution is -0.153. The zero-order valence-electron chi connectivity index (χ0n) is 23.7. The van der Waals surface area contributed by atoms with E-state index in [-0.39, 0.29) is 24.6 Å². The topological polar surface area (TPSA) is 110 Å². The lowest BCUT2D eigenvalue weighted by atomic mass is 9.62. The number of methoxy groups -OCH3 is 3. The Labute approximate surface area is 234 Å². The fourth-order valence-electron chi connectivity index (χ4n) is 5.73. The third kappa shape index (κ3) is 5.33. The Balaban J connectivity index is 1.91. The van der Waals surface area contributed by atoms with Crippen molar-refractivity contribution >= 4 is 23.4 Å². The number of esters is 2. The molecule has 0 spiro atoms. The lowest BCUT2D eigenvalue weighted by Gasteiger charge is -2.41. The molecule has 0 aromatic heterocycles. The number of aliphatic imine (C=N–C) groups is 1. The summed E-state index contributed by atoms with van der Waals surface area (Å²) >= 11 is 0. The first-order chi connectivity index (χ1) is 19.3. The molecule has 1 heterocycles. The maximum atomic E-state index is 14.5. The maximum absolute atomic E-state index is 14.5. The Morgan fingerprint density at radius 2 is 1.52 bits per heavy atom. The second kappa shape index (κ2) is 12.4. The van der Waals surface area contributed by atoms with Crippen LogP contribution in [0.15, 0.2) is 58.7 Å². The van der Waals surface area contributed by atoms with Crippen LogP contribution in [0.1, 0.15) is 50.2 Å². The molecule has 9 heteroatoms. The first-order valence-corrected chi connectivity index (χ1v) is 13.3. The molecular weight excluding hydrogens is 514 g/mol. The van der Waals surface area contributed by atoms with Crippen LogP contribution in [0.4, 0.5) is 0 Å². The standard InChI is InChI=1S/C31H35NO8/c1-7-39-30(34)25-17(3)32-23-16-22(18-9-11-19(36-4)12-10-18)27(31(35)40-8-2)29(33)28(23)26(25)21-14-13-20(37-5)15-24(21)38-6/h9-15,22,26-28H,7-8,16H2,1-6H3/t22-,26-,27+,28?/m1/s1. The SMILES string of the molecule is CCOC(=O)C1=C(C)N=C2C[C@H](c3ccc(OC)cc3)[C@H](C(=O)OCC)C(=O)C2[C@@H]1c1ccc(OC)cc1OC. The number of ketones is 1. The van der Waals surface area contributed by atoms with Crippen LogP contribution in [-0.2, 0) is 23.9 Å². The zero-order chi connectivity index (χ0) is 29.0. The van der Waals surface area contributed by atoms with Gasteiger partial charge in [0.15, 0.2) is 5.78 Å². The summed E-state index contributed by atoms with van der Waals surface area (Å²) in [5.41, 5.74) is 2.72. The van der Waals surface area contributed by atoms with Crippen LogP contribution in [-0.4, -0.2) is 58.0 Å². The Bertz CT molecular complexity index is 1340. The van der Waals surface area contributed by atoms with Crippen molar-refractivity contribution in [2.24, 2.45) is 16.8 Å². The average Bonchev–Trinajstić information content (AvgIpc) is 2.96. The molecule has 4 atom stereocenters. The molecule has 0 saturated heterocycles. The summed E-state index contributed by atoms with van der Waals surface area (Å²) in [5.74, 6) is -3.13. The molecule has 40 heavy (non-hydrogen) atoms. The number of carbonyl (C=O) groups is 3. The van der Waals surface area contributed by atoms with E-state index in [0.717, 1.165) is 5.56 Å². The Kier molecular flexibility index (Phi) is 8.92. The quantitative estimate of drug-likeness (QED) is 0.329. The monoisotopic (exact) mass is 549 g/mol. The molecule has 1 saturated carbocycles. The van der Waals surface area contributed by atoms with Gasteiger partial charge >= 0.3 is 11.9 Å². The smallest absolute Gasteiger partial charge is 0.336 e. The molecule has 1 aliphatic carbocycles. The predicted octanol–water partition coefficient (Wildman–Crippen LogP) is 4.64. The fraction of sp³-hybridized carbons (Fsp3) is 0.419. The molecule has 2 aromatic carbocycles. The van der Waals surface area contributed by atoms with Crippen LogP contribution in [0.3, 0.4) is 0 Å². The highest BCUT2D eigenvalue weighted by atomic mass is 16.5. The largest absolute Gasteiger partial charge is 0.497 e. The van der Waals surface area contributed by atoms with Crippen molar-refractivity contribution in [3.63, 3.8) is 0 Å². The van der Waals surface area contributed by atoms with Gasteiger partial charge in [-0.1, -0.05) is 18.2 Å².